The molecule has 1 aromatic carbocycles. The van der Waals surface area contributed by atoms with Crippen LogP contribution < -0.4 is 5.32 Å². The Morgan fingerprint density at radius 2 is 1.90 bits per heavy atom. The number of carboxylic acids is 1. The highest BCUT2D eigenvalue weighted by atomic mass is 16.5. The summed E-state index contributed by atoms with van der Waals surface area (Å²) in [6.07, 6.45) is -1.94. The fraction of sp³-hybridized carbons (Fsp3) is 0.357. The summed E-state index contributed by atoms with van der Waals surface area (Å²) in [7, 11) is 0. The van der Waals surface area contributed by atoms with Gasteiger partial charge in [0.15, 0.2) is 0 Å². The Morgan fingerprint density at radius 1 is 1.25 bits per heavy atom. The average Bonchev–Trinajstić information content (AvgIpc) is 2.46. The van der Waals surface area contributed by atoms with Crippen LogP contribution in [-0.2, 0) is 11.3 Å². The van der Waals surface area contributed by atoms with Crippen molar-refractivity contribution >= 4 is 5.97 Å². The summed E-state index contributed by atoms with van der Waals surface area (Å²) >= 11 is 0. The van der Waals surface area contributed by atoms with Gasteiger partial charge in [0.2, 0.25) is 0 Å². The van der Waals surface area contributed by atoms with Crippen LogP contribution in [0.3, 0.4) is 0 Å². The first-order valence-electron chi connectivity index (χ1n) is 6.33. The molecule has 4 N–H and O–H groups in total. The number of benzene rings is 1. The largest absolute Gasteiger partial charge is 0.493 e. The van der Waals surface area contributed by atoms with Gasteiger partial charge in [-0.2, -0.15) is 0 Å². The number of carbonyl (C=O) groups is 1. The number of aromatic carboxylic acids is 1. The molecule has 2 atom stereocenters. The van der Waals surface area contributed by atoms with E-state index in [1.807, 2.05) is 0 Å². The van der Waals surface area contributed by atoms with Crippen molar-refractivity contribution in [3.63, 3.8) is 0 Å². The van der Waals surface area contributed by atoms with Gasteiger partial charge in [-0.3, -0.25) is 0 Å². The lowest BCUT2D eigenvalue weighted by molar-refractivity contribution is -0.0220. The number of carboxylic acid groups (broad SMARTS) is 1. The van der Waals surface area contributed by atoms with Gasteiger partial charge >= 0.3 is 5.97 Å². The molecule has 0 aromatic heterocycles. The number of ether oxygens (including phenoxy) is 1. The van der Waals surface area contributed by atoms with Gasteiger partial charge < -0.3 is 25.4 Å². The molecular weight excluding hydrogens is 262 g/mol. The number of hydrogen-bond acceptors (Lipinski definition) is 5. The van der Waals surface area contributed by atoms with Crippen LogP contribution in [0.4, 0.5) is 0 Å². The zero-order chi connectivity index (χ0) is 14.7. The van der Waals surface area contributed by atoms with Gasteiger partial charge in [0.25, 0.3) is 0 Å². The van der Waals surface area contributed by atoms with E-state index in [0.29, 0.717) is 24.6 Å². The maximum atomic E-state index is 10.7. The number of rotatable bonds is 6. The van der Waals surface area contributed by atoms with Crippen molar-refractivity contribution in [3.8, 4) is 0 Å². The highest BCUT2D eigenvalue weighted by Gasteiger charge is 2.39. The molecule has 1 aliphatic carbocycles. The highest BCUT2D eigenvalue weighted by Crippen LogP contribution is 2.28. The van der Waals surface area contributed by atoms with Gasteiger partial charge in [-0.05, 0) is 24.6 Å². The van der Waals surface area contributed by atoms with Crippen LogP contribution in [0.15, 0.2) is 35.7 Å². The summed E-state index contributed by atoms with van der Waals surface area (Å²) < 4.78 is 5.24. The molecule has 0 radical (unpaired) electrons. The second-order valence-corrected chi connectivity index (χ2v) is 4.46. The number of hydrogen-bond donors (Lipinski definition) is 4. The van der Waals surface area contributed by atoms with Crippen molar-refractivity contribution in [1.29, 1.82) is 0 Å². The Labute approximate surface area is 116 Å². The third-order valence-corrected chi connectivity index (χ3v) is 3.11. The molecule has 0 aliphatic heterocycles. The van der Waals surface area contributed by atoms with E-state index in [4.69, 9.17) is 9.84 Å². The van der Waals surface area contributed by atoms with E-state index in [9.17, 15) is 15.0 Å². The first-order valence-corrected chi connectivity index (χ1v) is 6.33. The van der Waals surface area contributed by atoms with Crippen molar-refractivity contribution < 1.29 is 24.9 Å². The summed E-state index contributed by atoms with van der Waals surface area (Å²) in [5.74, 6) is -0.606. The van der Waals surface area contributed by atoms with Crippen LogP contribution in [0.5, 0.6) is 0 Å². The fourth-order valence-electron chi connectivity index (χ4n) is 1.98. The molecular formula is C14H17NO5. The summed E-state index contributed by atoms with van der Waals surface area (Å²) in [5.41, 5.74) is 1.57. The molecule has 6 nitrogen and oxygen atoms in total. The smallest absolute Gasteiger partial charge is 0.335 e. The Bertz CT molecular complexity index is 523. The number of nitrogens with one attached hydrogen (secondary N) is 1. The van der Waals surface area contributed by atoms with Crippen LogP contribution >= 0.6 is 0 Å². The molecule has 0 heterocycles. The Hall–Kier alpha value is -2.05. The average molecular weight is 279 g/mol. The van der Waals surface area contributed by atoms with Gasteiger partial charge in [-0.1, -0.05) is 12.1 Å². The lowest BCUT2D eigenvalue weighted by Gasteiger charge is -2.34. The predicted octanol–water partition coefficient (Wildman–Crippen LogP) is 0.458. The molecule has 0 fully saturated rings. The number of aliphatic hydroxyl groups is 2. The topological polar surface area (TPSA) is 99.0 Å². The SMILES string of the molecule is CCOC1=C(NCc2ccc(C(=O)O)cc2)C(O)C1O. The third-order valence-electron chi connectivity index (χ3n) is 3.11. The lowest BCUT2D eigenvalue weighted by atomic mass is 9.95. The van der Waals surface area contributed by atoms with E-state index >= 15 is 0 Å². The normalized spacial score (nSPS) is 21.4. The summed E-state index contributed by atoms with van der Waals surface area (Å²) in [6.45, 7) is 2.62. The minimum Gasteiger partial charge on any atom is -0.493 e. The van der Waals surface area contributed by atoms with E-state index in [0.717, 1.165) is 5.56 Å². The van der Waals surface area contributed by atoms with Crippen molar-refractivity contribution in [2.75, 3.05) is 6.61 Å². The van der Waals surface area contributed by atoms with Crippen LogP contribution in [-0.4, -0.2) is 40.1 Å². The number of aliphatic hydroxyl groups excluding tert-OH is 2. The van der Waals surface area contributed by atoms with E-state index in [1.165, 1.54) is 12.1 Å². The minimum absolute atomic E-state index is 0.224. The molecule has 1 aliphatic rings. The van der Waals surface area contributed by atoms with Gasteiger partial charge in [0.1, 0.15) is 18.0 Å². The van der Waals surface area contributed by atoms with Crippen molar-refractivity contribution in [3.05, 3.63) is 46.8 Å². The zero-order valence-electron chi connectivity index (χ0n) is 11.0. The monoisotopic (exact) mass is 279 g/mol. The minimum atomic E-state index is -0.980. The van der Waals surface area contributed by atoms with E-state index in [-0.39, 0.29) is 5.56 Å². The maximum absolute atomic E-state index is 10.7. The van der Waals surface area contributed by atoms with Gasteiger partial charge in [-0.25, -0.2) is 4.79 Å². The van der Waals surface area contributed by atoms with Gasteiger partial charge in [-0.15, -0.1) is 0 Å². The molecule has 6 heteroatoms. The van der Waals surface area contributed by atoms with Crippen LogP contribution in [0.1, 0.15) is 22.8 Å². The quantitative estimate of drug-likeness (QED) is 0.604. The summed E-state index contributed by atoms with van der Waals surface area (Å²) in [6, 6.07) is 6.42. The van der Waals surface area contributed by atoms with Crippen molar-refractivity contribution in [2.24, 2.45) is 0 Å². The van der Waals surface area contributed by atoms with Crippen LogP contribution in [0.2, 0.25) is 0 Å². The lowest BCUT2D eigenvalue weighted by Crippen LogP contribution is -2.47. The molecule has 0 amide bonds. The Morgan fingerprint density at radius 3 is 2.45 bits per heavy atom. The molecule has 108 valence electrons. The fourth-order valence-corrected chi connectivity index (χ4v) is 1.98. The van der Waals surface area contributed by atoms with Crippen LogP contribution in [0.25, 0.3) is 0 Å². The van der Waals surface area contributed by atoms with Crippen LogP contribution in [0, 0.1) is 0 Å². The molecule has 2 unspecified atom stereocenters. The Balaban J connectivity index is 1.99. The van der Waals surface area contributed by atoms with E-state index < -0.39 is 18.2 Å². The Kier molecular flexibility index (Phi) is 4.26. The molecule has 0 spiro atoms. The summed E-state index contributed by atoms with van der Waals surface area (Å²) in [5, 5.41) is 31.0. The zero-order valence-corrected chi connectivity index (χ0v) is 11.0. The summed E-state index contributed by atoms with van der Waals surface area (Å²) in [4.78, 5) is 10.7. The van der Waals surface area contributed by atoms with Gasteiger partial charge in [0.05, 0.1) is 17.9 Å². The van der Waals surface area contributed by atoms with E-state index in [1.54, 1.807) is 19.1 Å². The molecule has 1 aromatic rings. The molecule has 0 bridgehead atoms. The van der Waals surface area contributed by atoms with Crippen molar-refractivity contribution in [1.82, 2.24) is 5.32 Å². The molecule has 0 saturated heterocycles. The first-order chi connectivity index (χ1) is 9.54. The maximum Gasteiger partial charge on any atom is 0.335 e. The van der Waals surface area contributed by atoms with E-state index in [2.05, 4.69) is 5.32 Å². The predicted molar refractivity (Wildman–Crippen MR) is 70.9 cm³/mol. The third kappa shape index (κ3) is 2.76. The van der Waals surface area contributed by atoms with Gasteiger partial charge in [0, 0.05) is 6.54 Å². The second-order valence-electron chi connectivity index (χ2n) is 4.46. The standard InChI is InChI=1S/C14H17NO5/c1-2-20-13-10(11(16)12(13)17)15-7-8-3-5-9(6-4-8)14(18)19/h3-6,11-12,15-17H,2,7H2,1H3,(H,18,19). The molecule has 0 saturated carbocycles. The first kappa shape index (κ1) is 14.4. The molecule has 2 rings (SSSR count). The van der Waals surface area contributed by atoms with Crippen molar-refractivity contribution in [2.45, 2.75) is 25.7 Å². The second kappa shape index (κ2) is 5.94. The molecule has 20 heavy (non-hydrogen) atoms. The highest BCUT2D eigenvalue weighted by molar-refractivity contribution is 5.87.